The molecule has 1 aliphatic carbocycles. The van der Waals surface area contributed by atoms with Crippen molar-refractivity contribution in [1.29, 1.82) is 0 Å². The highest BCUT2D eigenvalue weighted by molar-refractivity contribution is 6.74. The van der Waals surface area contributed by atoms with Crippen molar-refractivity contribution in [2.45, 2.75) is 90.0 Å². The number of ketones is 1. The standard InChI is InChI=1S/C19H34O2Si/c1-7-8-9-10-11-12-14-19(15-13-17(20)16-19)21-22(5,6)18(2,3)4/h11-13,15H,7-10,14,16H2,1-6H3/b12-11-/t19-/m0/s1. The second-order valence-electron chi connectivity index (χ2n) is 8.07. The fourth-order valence-corrected chi connectivity index (χ4v) is 4.03. The molecule has 0 saturated heterocycles. The summed E-state index contributed by atoms with van der Waals surface area (Å²) in [4.78, 5) is 11.8. The highest BCUT2D eigenvalue weighted by Gasteiger charge is 2.45. The average Bonchev–Trinajstić information content (AvgIpc) is 2.73. The van der Waals surface area contributed by atoms with Crippen LogP contribution in [-0.2, 0) is 9.22 Å². The van der Waals surface area contributed by atoms with E-state index in [1.54, 1.807) is 6.08 Å². The average molecular weight is 323 g/mol. The van der Waals surface area contributed by atoms with Crippen molar-refractivity contribution in [1.82, 2.24) is 0 Å². The molecule has 0 amide bonds. The Morgan fingerprint density at radius 2 is 1.95 bits per heavy atom. The summed E-state index contributed by atoms with van der Waals surface area (Å²) in [6.07, 6.45) is 14.4. The van der Waals surface area contributed by atoms with Crippen molar-refractivity contribution >= 4 is 14.1 Å². The zero-order valence-corrected chi connectivity index (χ0v) is 16.4. The number of hydrogen-bond donors (Lipinski definition) is 0. The molecular weight excluding hydrogens is 288 g/mol. The molecule has 22 heavy (non-hydrogen) atoms. The fourth-order valence-electron chi connectivity index (χ4n) is 2.48. The van der Waals surface area contributed by atoms with Gasteiger partial charge in [-0.15, -0.1) is 0 Å². The van der Waals surface area contributed by atoms with Crippen molar-refractivity contribution in [3.05, 3.63) is 24.3 Å². The molecule has 0 heterocycles. The number of rotatable bonds is 8. The van der Waals surface area contributed by atoms with E-state index in [4.69, 9.17) is 4.43 Å². The SMILES string of the molecule is CCCCC/C=C\C[C@]1(O[Si](C)(C)C(C)(C)C)C=CC(=O)C1. The van der Waals surface area contributed by atoms with Gasteiger partial charge in [-0.05, 0) is 49.5 Å². The van der Waals surface area contributed by atoms with Crippen LogP contribution in [0.15, 0.2) is 24.3 Å². The lowest BCUT2D eigenvalue weighted by Crippen LogP contribution is -2.48. The molecule has 0 bridgehead atoms. The third-order valence-corrected chi connectivity index (χ3v) is 9.44. The summed E-state index contributed by atoms with van der Waals surface area (Å²) in [6.45, 7) is 13.5. The van der Waals surface area contributed by atoms with E-state index >= 15 is 0 Å². The Morgan fingerprint density at radius 1 is 1.27 bits per heavy atom. The van der Waals surface area contributed by atoms with Crippen LogP contribution in [0.4, 0.5) is 0 Å². The lowest BCUT2D eigenvalue weighted by molar-refractivity contribution is -0.116. The van der Waals surface area contributed by atoms with Crippen LogP contribution in [0.2, 0.25) is 18.1 Å². The molecule has 0 aromatic carbocycles. The van der Waals surface area contributed by atoms with Crippen LogP contribution >= 0.6 is 0 Å². The van der Waals surface area contributed by atoms with E-state index in [0.717, 1.165) is 12.8 Å². The lowest BCUT2D eigenvalue weighted by Gasteiger charge is -2.43. The summed E-state index contributed by atoms with van der Waals surface area (Å²) in [7, 11) is -1.89. The van der Waals surface area contributed by atoms with Crippen molar-refractivity contribution in [2.24, 2.45) is 0 Å². The number of hydrogen-bond acceptors (Lipinski definition) is 2. The minimum Gasteiger partial charge on any atom is -0.407 e. The highest BCUT2D eigenvalue weighted by atomic mass is 28.4. The molecular formula is C19H34O2Si. The van der Waals surface area contributed by atoms with Crippen LogP contribution in [0.5, 0.6) is 0 Å². The topological polar surface area (TPSA) is 26.3 Å². The maximum atomic E-state index is 11.8. The van der Waals surface area contributed by atoms with Gasteiger partial charge in [0.2, 0.25) is 0 Å². The van der Waals surface area contributed by atoms with Crippen molar-refractivity contribution in [3.8, 4) is 0 Å². The maximum absolute atomic E-state index is 11.8. The molecule has 0 fully saturated rings. The number of carbonyl (C=O) groups is 1. The number of carbonyl (C=O) groups excluding carboxylic acids is 1. The van der Waals surface area contributed by atoms with Gasteiger partial charge in [-0.25, -0.2) is 0 Å². The molecule has 0 aliphatic heterocycles. The molecule has 0 aromatic heterocycles. The minimum absolute atomic E-state index is 0.157. The third-order valence-electron chi connectivity index (χ3n) is 4.92. The second kappa shape index (κ2) is 7.74. The van der Waals surface area contributed by atoms with Crippen molar-refractivity contribution in [3.63, 3.8) is 0 Å². The van der Waals surface area contributed by atoms with Crippen LogP contribution in [0.1, 0.15) is 66.2 Å². The van der Waals surface area contributed by atoms with Crippen LogP contribution in [0.25, 0.3) is 0 Å². The summed E-state index contributed by atoms with van der Waals surface area (Å²) in [6, 6.07) is 0. The summed E-state index contributed by atoms with van der Waals surface area (Å²) < 4.78 is 6.63. The lowest BCUT2D eigenvalue weighted by atomic mass is 9.98. The van der Waals surface area contributed by atoms with Crippen LogP contribution in [0, 0.1) is 0 Å². The van der Waals surface area contributed by atoms with Gasteiger partial charge in [0.15, 0.2) is 14.1 Å². The van der Waals surface area contributed by atoms with E-state index in [9.17, 15) is 4.79 Å². The molecule has 1 aliphatic rings. The molecule has 0 N–H and O–H groups in total. The third kappa shape index (κ3) is 5.51. The van der Waals surface area contributed by atoms with Gasteiger partial charge >= 0.3 is 0 Å². The van der Waals surface area contributed by atoms with Crippen LogP contribution in [-0.4, -0.2) is 19.7 Å². The molecule has 0 saturated carbocycles. The van der Waals surface area contributed by atoms with Crippen molar-refractivity contribution < 1.29 is 9.22 Å². The van der Waals surface area contributed by atoms with Gasteiger partial charge in [-0.3, -0.25) is 4.79 Å². The van der Waals surface area contributed by atoms with E-state index in [1.807, 2.05) is 6.08 Å². The molecule has 2 nitrogen and oxygen atoms in total. The van der Waals surface area contributed by atoms with Crippen LogP contribution in [0.3, 0.4) is 0 Å². The van der Waals surface area contributed by atoms with Gasteiger partial charge in [0.1, 0.15) is 0 Å². The van der Waals surface area contributed by atoms with Gasteiger partial charge in [-0.2, -0.15) is 0 Å². The van der Waals surface area contributed by atoms with Crippen molar-refractivity contribution in [2.75, 3.05) is 0 Å². The normalized spacial score (nSPS) is 22.9. The maximum Gasteiger partial charge on any atom is 0.193 e. The Labute approximate surface area is 138 Å². The predicted octanol–water partition coefficient (Wildman–Crippen LogP) is 5.80. The number of unbranched alkanes of at least 4 members (excludes halogenated alkanes) is 3. The quantitative estimate of drug-likeness (QED) is 0.320. The first-order valence-corrected chi connectivity index (χ1v) is 11.6. The smallest absolute Gasteiger partial charge is 0.193 e. The Balaban J connectivity index is 2.72. The first-order valence-electron chi connectivity index (χ1n) is 8.69. The summed E-state index contributed by atoms with van der Waals surface area (Å²) in [5.74, 6) is 0.193. The highest BCUT2D eigenvalue weighted by Crippen LogP contribution is 2.42. The molecule has 0 radical (unpaired) electrons. The van der Waals surface area contributed by atoms with E-state index in [-0.39, 0.29) is 10.8 Å². The van der Waals surface area contributed by atoms with E-state index in [2.05, 4.69) is 52.9 Å². The van der Waals surface area contributed by atoms with E-state index in [0.29, 0.717) is 6.42 Å². The second-order valence-corrected chi connectivity index (χ2v) is 12.8. The Kier molecular flexibility index (Phi) is 6.81. The first-order chi connectivity index (χ1) is 10.1. The van der Waals surface area contributed by atoms with Gasteiger partial charge in [0.05, 0.1) is 5.60 Å². The Bertz CT molecular complexity index is 429. The molecule has 1 atom stereocenters. The van der Waals surface area contributed by atoms with Gasteiger partial charge in [-0.1, -0.05) is 52.7 Å². The minimum atomic E-state index is -1.89. The van der Waals surface area contributed by atoms with E-state index < -0.39 is 13.9 Å². The van der Waals surface area contributed by atoms with Crippen LogP contribution < -0.4 is 0 Å². The molecule has 0 aromatic rings. The zero-order valence-electron chi connectivity index (χ0n) is 15.4. The Morgan fingerprint density at radius 3 is 2.45 bits per heavy atom. The molecule has 1 rings (SSSR count). The largest absolute Gasteiger partial charge is 0.407 e. The van der Waals surface area contributed by atoms with Gasteiger partial charge < -0.3 is 4.43 Å². The Hall–Kier alpha value is -0.673. The summed E-state index contributed by atoms with van der Waals surface area (Å²) in [5, 5.41) is 0.157. The zero-order chi connectivity index (χ0) is 16.9. The summed E-state index contributed by atoms with van der Waals surface area (Å²) >= 11 is 0. The molecule has 0 spiro atoms. The monoisotopic (exact) mass is 322 g/mol. The van der Waals surface area contributed by atoms with Gasteiger partial charge in [0.25, 0.3) is 0 Å². The molecule has 3 heteroatoms. The first kappa shape index (κ1) is 19.4. The van der Waals surface area contributed by atoms with Gasteiger partial charge in [0, 0.05) is 6.42 Å². The van der Waals surface area contributed by atoms with E-state index in [1.165, 1.54) is 19.3 Å². The molecule has 0 unspecified atom stereocenters. The number of allylic oxidation sites excluding steroid dienone is 2. The molecule has 126 valence electrons. The predicted molar refractivity (Wildman–Crippen MR) is 97.7 cm³/mol. The fraction of sp³-hybridized carbons (Fsp3) is 0.737. The summed E-state index contributed by atoms with van der Waals surface area (Å²) in [5.41, 5.74) is -0.401.